The van der Waals surface area contributed by atoms with E-state index in [0.29, 0.717) is 6.04 Å². The van der Waals surface area contributed by atoms with Crippen molar-refractivity contribution in [1.82, 2.24) is 5.32 Å². The summed E-state index contributed by atoms with van der Waals surface area (Å²) in [6, 6.07) is 6.99. The number of nitrogens with one attached hydrogen (secondary N) is 1. The van der Waals surface area contributed by atoms with Gasteiger partial charge in [0.15, 0.2) is 0 Å². The molecular weight excluding hydrogens is 258 g/mol. The fourth-order valence-corrected chi connectivity index (χ4v) is 3.43. The molecule has 0 heterocycles. The van der Waals surface area contributed by atoms with E-state index in [9.17, 15) is 0 Å². The van der Waals surface area contributed by atoms with Crippen LogP contribution >= 0.6 is 0 Å². The molecule has 1 unspecified atom stereocenters. The summed E-state index contributed by atoms with van der Waals surface area (Å²) in [7, 11) is 0. The Morgan fingerprint density at radius 2 is 1.76 bits per heavy atom. The second kappa shape index (κ2) is 8.43. The maximum Gasteiger partial charge on any atom is 0.119 e. The molecule has 0 aliphatic heterocycles. The summed E-state index contributed by atoms with van der Waals surface area (Å²) >= 11 is 0. The van der Waals surface area contributed by atoms with Gasteiger partial charge in [0.1, 0.15) is 12.4 Å². The van der Waals surface area contributed by atoms with Crippen LogP contribution in [0.1, 0.15) is 56.6 Å². The number of hydrogen-bond acceptors (Lipinski definition) is 2. The van der Waals surface area contributed by atoms with Gasteiger partial charge >= 0.3 is 0 Å². The van der Waals surface area contributed by atoms with Crippen LogP contribution in [0.3, 0.4) is 0 Å². The van der Waals surface area contributed by atoms with Crippen LogP contribution in [-0.2, 0) is 0 Å². The summed E-state index contributed by atoms with van der Waals surface area (Å²) in [4.78, 5) is 0. The fraction of sp³-hybridized carbons (Fsp3) is 0.684. The molecule has 1 atom stereocenters. The van der Waals surface area contributed by atoms with Gasteiger partial charge in [0, 0.05) is 6.04 Å². The summed E-state index contributed by atoms with van der Waals surface area (Å²) in [6.07, 6.45) is 8.09. The fourth-order valence-electron chi connectivity index (χ4n) is 3.43. The maximum absolute atomic E-state index is 6.12. The molecule has 0 saturated heterocycles. The highest BCUT2D eigenvalue weighted by atomic mass is 16.5. The lowest BCUT2D eigenvalue weighted by Gasteiger charge is -2.31. The molecule has 1 aromatic rings. The molecule has 2 heteroatoms. The third-order valence-corrected chi connectivity index (χ3v) is 4.50. The van der Waals surface area contributed by atoms with Crippen molar-refractivity contribution in [3.8, 4) is 5.75 Å². The standard InChI is InChI=1S/C19H31NO/c1-4-10-20-19(17-8-6-5-7-9-17)14-21-18-12-15(2)11-16(3)13-18/h11-13,17,19-20H,4-10,14H2,1-3H3. The Balaban J connectivity index is 1.93. The van der Waals surface area contributed by atoms with Crippen LogP contribution in [0.4, 0.5) is 0 Å². The first-order valence-electron chi connectivity index (χ1n) is 8.63. The predicted octanol–water partition coefficient (Wildman–Crippen LogP) is 4.63. The van der Waals surface area contributed by atoms with Crippen molar-refractivity contribution in [2.45, 2.75) is 65.3 Å². The third-order valence-electron chi connectivity index (χ3n) is 4.50. The number of benzene rings is 1. The second-order valence-corrected chi connectivity index (χ2v) is 6.59. The van der Waals surface area contributed by atoms with Gasteiger partial charge in [-0.1, -0.05) is 32.3 Å². The molecule has 1 N–H and O–H groups in total. The Bertz CT molecular complexity index is 403. The molecule has 0 radical (unpaired) electrons. The topological polar surface area (TPSA) is 21.3 Å². The molecule has 1 saturated carbocycles. The molecule has 0 spiro atoms. The van der Waals surface area contributed by atoms with Gasteiger partial charge in [0.05, 0.1) is 0 Å². The van der Waals surface area contributed by atoms with Crippen molar-refractivity contribution in [2.75, 3.05) is 13.2 Å². The molecule has 118 valence electrons. The van der Waals surface area contributed by atoms with Crippen molar-refractivity contribution in [3.63, 3.8) is 0 Å². The van der Waals surface area contributed by atoms with Crippen LogP contribution < -0.4 is 10.1 Å². The van der Waals surface area contributed by atoms with Crippen molar-refractivity contribution in [1.29, 1.82) is 0 Å². The van der Waals surface area contributed by atoms with E-state index in [-0.39, 0.29) is 0 Å². The van der Waals surface area contributed by atoms with Crippen LogP contribution in [0, 0.1) is 19.8 Å². The Hall–Kier alpha value is -1.02. The first-order valence-corrected chi connectivity index (χ1v) is 8.63. The van der Waals surface area contributed by atoms with Gasteiger partial charge in [-0.15, -0.1) is 0 Å². The number of aryl methyl sites for hydroxylation is 2. The molecule has 2 nitrogen and oxygen atoms in total. The molecule has 0 bridgehead atoms. The quantitative estimate of drug-likeness (QED) is 0.790. The van der Waals surface area contributed by atoms with Crippen LogP contribution in [0.2, 0.25) is 0 Å². The van der Waals surface area contributed by atoms with Crippen LogP contribution in [0.25, 0.3) is 0 Å². The molecule has 1 aliphatic rings. The second-order valence-electron chi connectivity index (χ2n) is 6.59. The summed E-state index contributed by atoms with van der Waals surface area (Å²) in [5.74, 6) is 1.81. The lowest BCUT2D eigenvalue weighted by molar-refractivity contribution is 0.186. The first-order chi connectivity index (χ1) is 10.2. The van der Waals surface area contributed by atoms with Gasteiger partial charge in [-0.25, -0.2) is 0 Å². The van der Waals surface area contributed by atoms with Crippen molar-refractivity contribution in [2.24, 2.45) is 5.92 Å². The summed E-state index contributed by atoms with van der Waals surface area (Å²) in [5, 5.41) is 3.71. The van der Waals surface area contributed by atoms with Gasteiger partial charge in [0.2, 0.25) is 0 Å². The monoisotopic (exact) mass is 289 g/mol. The highest BCUT2D eigenvalue weighted by Crippen LogP contribution is 2.27. The lowest BCUT2D eigenvalue weighted by atomic mass is 9.84. The Kier molecular flexibility index (Phi) is 6.56. The Morgan fingerprint density at radius 1 is 1.10 bits per heavy atom. The minimum Gasteiger partial charge on any atom is -0.492 e. The van der Waals surface area contributed by atoms with E-state index >= 15 is 0 Å². The van der Waals surface area contributed by atoms with Gasteiger partial charge in [-0.3, -0.25) is 0 Å². The molecule has 1 aliphatic carbocycles. The predicted molar refractivity (Wildman–Crippen MR) is 90.1 cm³/mol. The molecule has 0 amide bonds. The first kappa shape index (κ1) is 16.4. The van der Waals surface area contributed by atoms with Gasteiger partial charge in [0.25, 0.3) is 0 Å². The zero-order valence-electron chi connectivity index (χ0n) is 14.0. The lowest BCUT2D eigenvalue weighted by Crippen LogP contribution is -2.42. The van der Waals surface area contributed by atoms with E-state index < -0.39 is 0 Å². The van der Waals surface area contributed by atoms with Crippen LogP contribution in [0.5, 0.6) is 5.75 Å². The normalized spacial score (nSPS) is 17.7. The summed E-state index contributed by atoms with van der Waals surface area (Å²) in [5.41, 5.74) is 2.56. The Morgan fingerprint density at radius 3 is 2.38 bits per heavy atom. The molecule has 2 rings (SSSR count). The summed E-state index contributed by atoms with van der Waals surface area (Å²) < 4.78 is 6.12. The van der Waals surface area contributed by atoms with E-state index in [4.69, 9.17) is 4.74 Å². The maximum atomic E-state index is 6.12. The number of rotatable bonds is 7. The minimum atomic E-state index is 0.506. The van der Waals surface area contributed by atoms with Gasteiger partial charge in [-0.2, -0.15) is 0 Å². The SMILES string of the molecule is CCCNC(COc1cc(C)cc(C)c1)C1CCCCC1. The van der Waals surface area contributed by atoms with E-state index in [1.165, 1.54) is 49.7 Å². The molecule has 0 aromatic heterocycles. The number of ether oxygens (including phenoxy) is 1. The van der Waals surface area contributed by atoms with Crippen LogP contribution in [-0.4, -0.2) is 19.2 Å². The van der Waals surface area contributed by atoms with Crippen molar-refractivity contribution >= 4 is 0 Å². The van der Waals surface area contributed by atoms with E-state index in [0.717, 1.165) is 24.8 Å². The van der Waals surface area contributed by atoms with Gasteiger partial charge < -0.3 is 10.1 Å². The third kappa shape index (κ3) is 5.35. The van der Waals surface area contributed by atoms with Crippen molar-refractivity contribution in [3.05, 3.63) is 29.3 Å². The van der Waals surface area contributed by atoms with Crippen molar-refractivity contribution < 1.29 is 4.74 Å². The zero-order chi connectivity index (χ0) is 15.1. The molecule has 21 heavy (non-hydrogen) atoms. The largest absolute Gasteiger partial charge is 0.492 e. The number of hydrogen-bond donors (Lipinski definition) is 1. The summed E-state index contributed by atoms with van der Waals surface area (Å²) in [6.45, 7) is 8.39. The average molecular weight is 289 g/mol. The average Bonchev–Trinajstić information content (AvgIpc) is 2.47. The van der Waals surface area contributed by atoms with Crippen LogP contribution in [0.15, 0.2) is 18.2 Å². The highest BCUT2D eigenvalue weighted by Gasteiger charge is 2.23. The zero-order valence-corrected chi connectivity index (χ0v) is 14.0. The van der Waals surface area contributed by atoms with E-state index in [1.54, 1.807) is 0 Å². The molecule has 1 fully saturated rings. The Labute approximate surface area is 130 Å². The highest BCUT2D eigenvalue weighted by molar-refractivity contribution is 5.33. The van der Waals surface area contributed by atoms with E-state index in [2.05, 4.69) is 44.3 Å². The molecular formula is C19H31NO. The molecule has 1 aromatic carbocycles. The smallest absolute Gasteiger partial charge is 0.119 e. The minimum absolute atomic E-state index is 0.506. The van der Waals surface area contributed by atoms with E-state index in [1.807, 2.05) is 0 Å². The van der Waals surface area contributed by atoms with Gasteiger partial charge in [-0.05, 0) is 68.8 Å².